The minimum absolute atomic E-state index is 0.0762. The molecule has 0 aliphatic heterocycles. The van der Waals surface area contributed by atoms with Gasteiger partial charge in [-0.15, -0.1) is 11.3 Å². The van der Waals surface area contributed by atoms with Crippen LogP contribution in [-0.4, -0.2) is 35.1 Å². The van der Waals surface area contributed by atoms with Crippen LogP contribution in [0.1, 0.15) is 39.8 Å². The smallest absolute Gasteiger partial charge is 0.341 e. The predicted octanol–water partition coefficient (Wildman–Crippen LogP) is 3.09. The van der Waals surface area contributed by atoms with Crippen molar-refractivity contribution in [3.05, 3.63) is 45.4 Å². The summed E-state index contributed by atoms with van der Waals surface area (Å²) in [5.74, 6) is -0.122. The molecule has 0 saturated heterocycles. The maximum atomic E-state index is 12.4. The molecule has 1 aromatic carbocycles. The minimum Gasteiger partial charge on any atom is -0.482 e. The monoisotopic (exact) mass is 376 g/mol. The van der Waals surface area contributed by atoms with Crippen LogP contribution in [0.3, 0.4) is 0 Å². The Labute approximate surface area is 157 Å². The zero-order chi connectivity index (χ0) is 19.1. The number of thiazole rings is 1. The fraction of sp³-hybridized carbons (Fsp3) is 0.421. The molecule has 0 fully saturated rings. The predicted molar refractivity (Wildman–Crippen MR) is 101 cm³/mol. The van der Waals surface area contributed by atoms with E-state index < -0.39 is 5.97 Å². The number of aliphatic carboxylic acids is 1. The number of benzene rings is 1. The molecule has 0 aliphatic carbocycles. The molecule has 6 nitrogen and oxygen atoms in total. The summed E-state index contributed by atoms with van der Waals surface area (Å²) in [6.45, 7) is 6.30. The van der Waals surface area contributed by atoms with Crippen molar-refractivity contribution in [3.63, 3.8) is 0 Å². The molecular weight excluding hydrogens is 352 g/mol. The maximum Gasteiger partial charge on any atom is 0.341 e. The van der Waals surface area contributed by atoms with Crippen LogP contribution < -0.4 is 10.1 Å². The van der Waals surface area contributed by atoms with Crippen molar-refractivity contribution in [3.8, 4) is 5.75 Å². The molecule has 0 bridgehead atoms. The highest BCUT2D eigenvalue weighted by Gasteiger charge is 2.17. The first-order valence-electron chi connectivity index (χ1n) is 8.53. The van der Waals surface area contributed by atoms with E-state index in [0.717, 1.165) is 22.7 Å². The van der Waals surface area contributed by atoms with Gasteiger partial charge in [0.1, 0.15) is 10.6 Å². The lowest BCUT2D eigenvalue weighted by atomic mass is 10.1. The van der Waals surface area contributed by atoms with Gasteiger partial charge in [-0.2, -0.15) is 0 Å². The zero-order valence-electron chi connectivity index (χ0n) is 15.2. The quantitative estimate of drug-likeness (QED) is 0.702. The molecule has 0 spiro atoms. The van der Waals surface area contributed by atoms with Gasteiger partial charge in [0.05, 0.1) is 10.7 Å². The van der Waals surface area contributed by atoms with Gasteiger partial charge >= 0.3 is 5.97 Å². The summed E-state index contributed by atoms with van der Waals surface area (Å²) in [5.41, 5.74) is 1.91. The largest absolute Gasteiger partial charge is 0.482 e. The van der Waals surface area contributed by atoms with Gasteiger partial charge in [-0.05, 0) is 43.4 Å². The van der Waals surface area contributed by atoms with E-state index >= 15 is 0 Å². The summed E-state index contributed by atoms with van der Waals surface area (Å²) < 4.78 is 5.10. The number of carbonyl (C=O) groups is 2. The van der Waals surface area contributed by atoms with Gasteiger partial charge in [-0.1, -0.05) is 26.0 Å². The third-order valence-electron chi connectivity index (χ3n) is 3.60. The molecule has 0 aliphatic rings. The van der Waals surface area contributed by atoms with Crippen molar-refractivity contribution in [1.29, 1.82) is 0 Å². The van der Waals surface area contributed by atoms with Crippen LogP contribution in [0.15, 0.2) is 24.3 Å². The fourth-order valence-electron chi connectivity index (χ4n) is 2.47. The number of hydrogen-bond donors (Lipinski definition) is 2. The van der Waals surface area contributed by atoms with E-state index in [1.54, 1.807) is 12.1 Å². The third-order valence-corrected chi connectivity index (χ3v) is 4.61. The highest BCUT2D eigenvalue weighted by molar-refractivity contribution is 7.13. The fourth-order valence-corrected chi connectivity index (χ4v) is 3.33. The normalized spacial score (nSPS) is 10.8. The molecule has 140 valence electrons. The minimum atomic E-state index is -1.01. The lowest BCUT2D eigenvalue weighted by Crippen LogP contribution is -2.26. The maximum absolute atomic E-state index is 12.4. The van der Waals surface area contributed by atoms with Gasteiger partial charge in [0.15, 0.2) is 6.61 Å². The van der Waals surface area contributed by atoms with Crippen LogP contribution in [0.4, 0.5) is 0 Å². The topological polar surface area (TPSA) is 88.5 Å². The summed E-state index contributed by atoms with van der Waals surface area (Å²) in [6, 6.07) is 7.19. The number of carboxylic acid groups (broad SMARTS) is 1. The summed E-state index contributed by atoms with van der Waals surface area (Å²) in [5, 5.41) is 12.4. The van der Waals surface area contributed by atoms with Crippen LogP contribution in [-0.2, 0) is 17.6 Å². The van der Waals surface area contributed by atoms with Crippen molar-refractivity contribution >= 4 is 23.2 Å². The SMILES string of the molecule is Cc1nc(CC(C)C)c(C(=O)NCCc2ccc(OCC(=O)O)cc2)s1. The highest BCUT2D eigenvalue weighted by atomic mass is 32.1. The van der Waals surface area contributed by atoms with E-state index in [1.165, 1.54) is 11.3 Å². The molecule has 2 aromatic rings. The first-order chi connectivity index (χ1) is 12.3. The number of nitrogens with zero attached hydrogens (tertiary/aromatic N) is 1. The van der Waals surface area contributed by atoms with Gasteiger partial charge in [-0.3, -0.25) is 4.79 Å². The standard InChI is InChI=1S/C19H24N2O4S/c1-12(2)10-16-18(26-13(3)21-16)19(24)20-9-8-14-4-6-15(7-5-14)25-11-17(22)23/h4-7,12H,8-11H2,1-3H3,(H,20,24)(H,22,23). The molecule has 1 heterocycles. The lowest BCUT2D eigenvalue weighted by molar-refractivity contribution is -0.139. The molecule has 1 amide bonds. The van der Waals surface area contributed by atoms with E-state index in [1.807, 2.05) is 19.1 Å². The second-order valence-electron chi connectivity index (χ2n) is 6.44. The van der Waals surface area contributed by atoms with E-state index in [0.29, 0.717) is 29.5 Å². The third kappa shape index (κ3) is 6.15. The number of nitrogens with one attached hydrogen (secondary N) is 1. The zero-order valence-corrected chi connectivity index (χ0v) is 16.1. The molecule has 0 radical (unpaired) electrons. The average molecular weight is 376 g/mol. The number of rotatable bonds is 9. The van der Waals surface area contributed by atoms with Crippen molar-refractivity contribution < 1.29 is 19.4 Å². The first-order valence-corrected chi connectivity index (χ1v) is 9.35. The summed E-state index contributed by atoms with van der Waals surface area (Å²) in [7, 11) is 0. The molecule has 1 aromatic heterocycles. The van der Waals surface area contributed by atoms with Gasteiger partial charge in [0, 0.05) is 6.54 Å². The van der Waals surface area contributed by atoms with E-state index in [-0.39, 0.29) is 12.5 Å². The van der Waals surface area contributed by atoms with Gasteiger partial charge < -0.3 is 15.2 Å². The first kappa shape index (κ1) is 19.9. The average Bonchev–Trinajstić information content (AvgIpc) is 2.93. The molecule has 2 N–H and O–H groups in total. The van der Waals surface area contributed by atoms with Crippen molar-refractivity contribution in [2.45, 2.75) is 33.6 Å². The number of hydrogen-bond acceptors (Lipinski definition) is 5. The summed E-state index contributed by atoms with van der Waals surface area (Å²) in [6.07, 6.45) is 1.48. The van der Waals surface area contributed by atoms with Crippen LogP contribution in [0, 0.1) is 12.8 Å². The molecular formula is C19H24N2O4S. The van der Waals surface area contributed by atoms with E-state index in [4.69, 9.17) is 9.84 Å². The van der Waals surface area contributed by atoms with Crippen LogP contribution >= 0.6 is 11.3 Å². The highest BCUT2D eigenvalue weighted by Crippen LogP contribution is 2.21. The van der Waals surface area contributed by atoms with Gasteiger partial charge in [-0.25, -0.2) is 9.78 Å². The van der Waals surface area contributed by atoms with Crippen molar-refractivity contribution in [2.75, 3.05) is 13.2 Å². The van der Waals surface area contributed by atoms with Gasteiger partial charge in [0.25, 0.3) is 5.91 Å². The molecule has 0 unspecified atom stereocenters. The molecule has 0 atom stereocenters. The Morgan fingerprint density at radius 1 is 1.27 bits per heavy atom. The number of amides is 1. The number of carbonyl (C=O) groups excluding carboxylic acids is 1. The molecule has 26 heavy (non-hydrogen) atoms. The van der Waals surface area contributed by atoms with Crippen LogP contribution in [0.5, 0.6) is 5.75 Å². The Morgan fingerprint density at radius 3 is 2.58 bits per heavy atom. The van der Waals surface area contributed by atoms with Crippen molar-refractivity contribution in [2.24, 2.45) is 5.92 Å². The molecule has 7 heteroatoms. The van der Waals surface area contributed by atoms with E-state index in [2.05, 4.69) is 24.1 Å². The number of ether oxygens (including phenoxy) is 1. The number of aryl methyl sites for hydroxylation is 1. The summed E-state index contributed by atoms with van der Waals surface area (Å²) >= 11 is 1.43. The Morgan fingerprint density at radius 2 is 1.96 bits per heavy atom. The van der Waals surface area contributed by atoms with E-state index in [9.17, 15) is 9.59 Å². The second kappa shape index (κ2) is 9.33. The van der Waals surface area contributed by atoms with Gasteiger partial charge in [0.2, 0.25) is 0 Å². The summed E-state index contributed by atoms with van der Waals surface area (Å²) in [4.78, 5) is 28.1. The molecule has 0 saturated carbocycles. The number of aromatic nitrogens is 1. The Balaban J connectivity index is 1.86. The lowest BCUT2D eigenvalue weighted by Gasteiger charge is -2.08. The Hall–Kier alpha value is -2.41. The Bertz CT molecular complexity index is 753. The van der Waals surface area contributed by atoms with Crippen LogP contribution in [0.25, 0.3) is 0 Å². The second-order valence-corrected chi connectivity index (χ2v) is 7.64. The van der Waals surface area contributed by atoms with Crippen LogP contribution in [0.2, 0.25) is 0 Å². The Kier molecular flexibility index (Phi) is 7.15. The molecule has 2 rings (SSSR count). The van der Waals surface area contributed by atoms with Crippen molar-refractivity contribution in [1.82, 2.24) is 10.3 Å². The number of carboxylic acids is 1.